The number of carbonyl (C=O) groups excluding carboxylic acids is 1. The van der Waals surface area contributed by atoms with Crippen LogP contribution in [0.2, 0.25) is 0 Å². The molecule has 0 saturated carbocycles. The molecule has 1 aliphatic rings. The lowest BCUT2D eigenvalue weighted by Crippen LogP contribution is -2.35. The number of carbonyl (C=O) groups is 1. The molecule has 1 fully saturated rings. The van der Waals surface area contributed by atoms with Crippen molar-refractivity contribution in [3.63, 3.8) is 0 Å². The van der Waals surface area contributed by atoms with Gasteiger partial charge in [-0.15, -0.1) is 0 Å². The molecule has 1 saturated heterocycles. The molecular formula is C16H22N4O2. The number of benzene rings is 1. The number of ether oxygens (including phenoxy) is 1. The topological polar surface area (TPSA) is 70.2 Å². The first kappa shape index (κ1) is 14.8. The number of amides is 1. The second kappa shape index (κ2) is 6.36. The average molecular weight is 302 g/mol. The highest BCUT2D eigenvalue weighted by atomic mass is 16.6. The van der Waals surface area contributed by atoms with Crippen molar-refractivity contribution in [2.75, 3.05) is 19.7 Å². The molecule has 1 amide bonds. The maximum Gasteiger partial charge on any atom is 0.409 e. The fourth-order valence-corrected chi connectivity index (χ4v) is 2.86. The number of H-pyrrole nitrogens is 1. The highest BCUT2D eigenvalue weighted by Crippen LogP contribution is 2.15. The fraction of sp³-hybridized carbons (Fsp3) is 0.500. The molecule has 0 spiro atoms. The van der Waals surface area contributed by atoms with Crippen LogP contribution < -0.4 is 5.32 Å². The molecule has 22 heavy (non-hydrogen) atoms. The predicted octanol–water partition coefficient (Wildman–Crippen LogP) is 2.19. The van der Waals surface area contributed by atoms with Crippen molar-refractivity contribution in [3.05, 3.63) is 29.6 Å². The number of hydrogen-bond acceptors (Lipinski definition) is 4. The Morgan fingerprint density at radius 1 is 1.55 bits per heavy atom. The molecule has 0 bridgehead atoms. The summed E-state index contributed by atoms with van der Waals surface area (Å²) in [6.07, 6.45) is 0.755. The smallest absolute Gasteiger partial charge is 0.409 e. The number of likely N-dealkylation sites (tertiary alicyclic amines) is 1. The molecule has 6 nitrogen and oxygen atoms in total. The van der Waals surface area contributed by atoms with Gasteiger partial charge in [-0.2, -0.15) is 0 Å². The van der Waals surface area contributed by atoms with Gasteiger partial charge < -0.3 is 19.9 Å². The lowest BCUT2D eigenvalue weighted by atomic mass is 10.2. The number of hydrogen-bond donors (Lipinski definition) is 2. The largest absolute Gasteiger partial charge is 0.450 e. The summed E-state index contributed by atoms with van der Waals surface area (Å²) in [5, 5.41) is 3.51. The van der Waals surface area contributed by atoms with E-state index in [0.29, 0.717) is 19.2 Å². The SMILES string of the molecule is CCOC(=O)N1CC[C@@H](NCc2ccc3nc(C)[nH]c3c2)C1. The molecule has 0 unspecified atom stereocenters. The lowest BCUT2D eigenvalue weighted by molar-refractivity contribution is 0.115. The summed E-state index contributed by atoms with van der Waals surface area (Å²) < 4.78 is 5.04. The van der Waals surface area contributed by atoms with Gasteiger partial charge in [0.2, 0.25) is 0 Å². The maximum atomic E-state index is 11.7. The zero-order valence-corrected chi connectivity index (χ0v) is 13.1. The molecule has 1 aromatic carbocycles. The minimum Gasteiger partial charge on any atom is -0.450 e. The number of aryl methyl sites for hydroxylation is 1. The molecule has 0 radical (unpaired) electrons. The number of aromatic nitrogens is 2. The van der Waals surface area contributed by atoms with Crippen molar-refractivity contribution in [2.45, 2.75) is 32.9 Å². The third kappa shape index (κ3) is 3.22. The molecule has 1 aromatic heterocycles. The second-order valence-electron chi connectivity index (χ2n) is 5.69. The summed E-state index contributed by atoms with van der Waals surface area (Å²) in [6, 6.07) is 6.58. The lowest BCUT2D eigenvalue weighted by Gasteiger charge is -2.16. The van der Waals surface area contributed by atoms with Crippen LogP contribution in [0.5, 0.6) is 0 Å². The number of rotatable bonds is 4. The highest BCUT2D eigenvalue weighted by molar-refractivity contribution is 5.75. The molecular weight excluding hydrogens is 280 g/mol. The van der Waals surface area contributed by atoms with E-state index in [-0.39, 0.29) is 6.09 Å². The Kier molecular flexibility index (Phi) is 4.29. The van der Waals surface area contributed by atoms with Crippen LogP contribution in [0.4, 0.5) is 4.79 Å². The van der Waals surface area contributed by atoms with Crippen LogP contribution in [0.15, 0.2) is 18.2 Å². The molecule has 2 N–H and O–H groups in total. The first-order valence-corrected chi connectivity index (χ1v) is 7.76. The van der Waals surface area contributed by atoms with Gasteiger partial charge in [0.15, 0.2) is 0 Å². The first-order valence-electron chi connectivity index (χ1n) is 7.76. The van der Waals surface area contributed by atoms with Gasteiger partial charge in [-0.25, -0.2) is 9.78 Å². The molecule has 118 valence electrons. The van der Waals surface area contributed by atoms with Crippen LogP contribution in [-0.4, -0.2) is 46.7 Å². The Labute approximate surface area is 129 Å². The number of imidazole rings is 1. The van der Waals surface area contributed by atoms with Crippen molar-refractivity contribution in [3.8, 4) is 0 Å². The van der Waals surface area contributed by atoms with E-state index in [1.54, 1.807) is 4.90 Å². The van der Waals surface area contributed by atoms with Crippen molar-refractivity contribution < 1.29 is 9.53 Å². The number of nitrogens with one attached hydrogen (secondary N) is 2. The molecule has 2 heterocycles. The van der Waals surface area contributed by atoms with Crippen LogP contribution in [-0.2, 0) is 11.3 Å². The van der Waals surface area contributed by atoms with E-state index >= 15 is 0 Å². The summed E-state index contributed by atoms with van der Waals surface area (Å²) in [7, 11) is 0. The minimum absolute atomic E-state index is 0.207. The monoisotopic (exact) mass is 302 g/mol. The molecule has 6 heteroatoms. The van der Waals surface area contributed by atoms with E-state index in [2.05, 4.69) is 27.4 Å². The molecule has 1 atom stereocenters. The summed E-state index contributed by atoms with van der Waals surface area (Å²) in [5.74, 6) is 0.931. The number of aromatic amines is 1. The van der Waals surface area contributed by atoms with E-state index in [1.807, 2.05) is 19.9 Å². The van der Waals surface area contributed by atoms with Crippen LogP contribution in [0, 0.1) is 6.92 Å². The summed E-state index contributed by atoms with van der Waals surface area (Å²) >= 11 is 0. The average Bonchev–Trinajstić information content (AvgIpc) is 3.10. The van der Waals surface area contributed by atoms with Crippen molar-refractivity contribution in [1.29, 1.82) is 0 Å². The van der Waals surface area contributed by atoms with Gasteiger partial charge in [-0.05, 0) is 38.0 Å². The summed E-state index contributed by atoms with van der Waals surface area (Å²) in [6.45, 7) is 6.48. The molecule has 2 aromatic rings. The van der Waals surface area contributed by atoms with Crippen LogP contribution >= 0.6 is 0 Å². The van der Waals surface area contributed by atoms with Crippen LogP contribution in [0.25, 0.3) is 11.0 Å². The highest BCUT2D eigenvalue weighted by Gasteiger charge is 2.26. The molecule has 1 aliphatic heterocycles. The van der Waals surface area contributed by atoms with Gasteiger partial charge in [0.25, 0.3) is 0 Å². The van der Waals surface area contributed by atoms with E-state index in [1.165, 1.54) is 5.56 Å². The standard InChI is InChI=1S/C16H22N4O2/c1-3-22-16(21)20-7-6-13(10-20)17-9-12-4-5-14-15(8-12)19-11(2)18-14/h4-5,8,13,17H,3,6-7,9-10H2,1-2H3,(H,18,19)/t13-/m1/s1. The Bertz CT molecular complexity index is 667. The second-order valence-corrected chi connectivity index (χ2v) is 5.69. The van der Waals surface area contributed by atoms with Gasteiger partial charge in [-0.1, -0.05) is 6.07 Å². The maximum absolute atomic E-state index is 11.7. The Balaban J connectivity index is 1.54. The van der Waals surface area contributed by atoms with Crippen molar-refractivity contribution >= 4 is 17.1 Å². The van der Waals surface area contributed by atoms with E-state index in [0.717, 1.165) is 36.4 Å². The third-order valence-electron chi connectivity index (χ3n) is 3.97. The Morgan fingerprint density at radius 3 is 3.23 bits per heavy atom. The first-order chi connectivity index (χ1) is 10.7. The van der Waals surface area contributed by atoms with Crippen molar-refractivity contribution in [2.24, 2.45) is 0 Å². The molecule has 3 rings (SSSR count). The molecule has 0 aliphatic carbocycles. The van der Waals surface area contributed by atoms with Gasteiger partial charge in [0.1, 0.15) is 5.82 Å². The van der Waals surface area contributed by atoms with Crippen LogP contribution in [0.1, 0.15) is 24.7 Å². The fourth-order valence-electron chi connectivity index (χ4n) is 2.86. The van der Waals surface area contributed by atoms with Gasteiger partial charge in [-0.3, -0.25) is 0 Å². The van der Waals surface area contributed by atoms with Gasteiger partial charge >= 0.3 is 6.09 Å². The van der Waals surface area contributed by atoms with Gasteiger partial charge in [0.05, 0.1) is 17.6 Å². The summed E-state index contributed by atoms with van der Waals surface area (Å²) in [4.78, 5) is 21.1. The Morgan fingerprint density at radius 2 is 2.41 bits per heavy atom. The van der Waals surface area contributed by atoms with Gasteiger partial charge in [0, 0.05) is 25.7 Å². The number of fused-ring (bicyclic) bond motifs is 1. The van der Waals surface area contributed by atoms with Crippen molar-refractivity contribution in [1.82, 2.24) is 20.2 Å². The zero-order chi connectivity index (χ0) is 15.5. The predicted molar refractivity (Wildman–Crippen MR) is 84.7 cm³/mol. The zero-order valence-electron chi connectivity index (χ0n) is 13.1. The minimum atomic E-state index is -0.207. The van der Waals surface area contributed by atoms with E-state index in [4.69, 9.17) is 4.74 Å². The van der Waals surface area contributed by atoms with Crippen LogP contribution in [0.3, 0.4) is 0 Å². The third-order valence-corrected chi connectivity index (χ3v) is 3.97. The van der Waals surface area contributed by atoms with E-state index in [9.17, 15) is 4.79 Å². The normalized spacial score (nSPS) is 18.1. The quantitative estimate of drug-likeness (QED) is 0.908. The Hall–Kier alpha value is -2.08. The number of nitrogens with zero attached hydrogens (tertiary/aromatic N) is 2. The summed E-state index contributed by atoms with van der Waals surface area (Å²) in [5.41, 5.74) is 3.28. The van der Waals surface area contributed by atoms with E-state index < -0.39 is 0 Å².